The molecule has 100 valence electrons. The first kappa shape index (κ1) is 14.5. The van der Waals surface area contributed by atoms with Crippen molar-refractivity contribution >= 4 is 11.8 Å². The Hall–Kier alpha value is -1.58. The highest BCUT2D eigenvalue weighted by Crippen LogP contribution is 2.12. The van der Waals surface area contributed by atoms with Gasteiger partial charge in [-0.25, -0.2) is 9.78 Å². The maximum absolute atomic E-state index is 11.0. The number of rotatable bonds is 7. The number of aryl methyl sites for hydroxylation is 1. The number of hydrogen-bond donors (Lipinski definition) is 2. The molecule has 0 fully saturated rings. The fraction of sp³-hybridized carbons (Fsp3) is 0.571. The molecule has 0 atom stereocenters. The normalized spacial score (nSPS) is 10.7. The third-order valence-corrected chi connectivity index (χ3v) is 2.75. The van der Waals surface area contributed by atoms with Crippen molar-refractivity contribution in [2.75, 3.05) is 11.9 Å². The SMILES string of the molecule is CCc1cc(C(=O)O)cc(NCCCC(C)C)n1. The Morgan fingerprint density at radius 1 is 1.44 bits per heavy atom. The summed E-state index contributed by atoms with van der Waals surface area (Å²) in [6, 6.07) is 3.22. The molecule has 4 nitrogen and oxygen atoms in total. The van der Waals surface area contributed by atoms with Gasteiger partial charge < -0.3 is 10.4 Å². The third-order valence-electron chi connectivity index (χ3n) is 2.75. The van der Waals surface area contributed by atoms with Crippen LogP contribution in [0.4, 0.5) is 5.82 Å². The molecule has 0 aliphatic rings. The Kier molecular flexibility index (Phi) is 5.62. The molecule has 0 unspecified atom stereocenters. The van der Waals surface area contributed by atoms with Gasteiger partial charge in [0.25, 0.3) is 0 Å². The molecule has 1 heterocycles. The molecule has 18 heavy (non-hydrogen) atoms. The van der Waals surface area contributed by atoms with E-state index in [1.165, 1.54) is 0 Å². The van der Waals surface area contributed by atoms with Crippen molar-refractivity contribution in [1.82, 2.24) is 4.98 Å². The second-order valence-corrected chi connectivity index (χ2v) is 4.85. The van der Waals surface area contributed by atoms with Crippen molar-refractivity contribution in [3.63, 3.8) is 0 Å². The maximum Gasteiger partial charge on any atom is 0.335 e. The van der Waals surface area contributed by atoms with Crippen LogP contribution in [-0.4, -0.2) is 22.6 Å². The third kappa shape index (κ3) is 4.73. The summed E-state index contributed by atoms with van der Waals surface area (Å²) < 4.78 is 0. The lowest BCUT2D eigenvalue weighted by atomic mass is 10.1. The van der Waals surface area contributed by atoms with Crippen LogP contribution in [0.2, 0.25) is 0 Å². The number of anilines is 1. The smallest absolute Gasteiger partial charge is 0.335 e. The average Bonchev–Trinajstić information content (AvgIpc) is 2.34. The number of aromatic nitrogens is 1. The molecular formula is C14H22N2O2. The van der Waals surface area contributed by atoms with Gasteiger partial charge in [0.1, 0.15) is 5.82 Å². The van der Waals surface area contributed by atoms with E-state index in [1.54, 1.807) is 12.1 Å². The molecule has 0 aliphatic heterocycles. The summed E-state index contributed by atoms with van der Waals surface area (Å²) in [6.45, 7) is 7.19. The molecule has 1 rings (SSSR count). The summed E-state index contributed by atoms with van der Waals surface area (Å²) >= 11 is 0. The molecule has 0 saturated heterocycles. The molecule has 0 amide bonds. The van der Waals surface area contributed by atoms with Gasteiger partial charge in [-0.15, -0.1) is 0 Å². The van der Waals surface area contributed by atoms with E-state index >= 15 is 0 Å². The number of carboxylic acid groups (broad SMARTS) is 1. The van der Waals surface area contributed by atoms with Crippen LogP contribution in [-0.2, 0) is 6.42 Å². The van der Waals surface area contributed by atoms with Crippen LogP contribution in [0.15, 0.2) is 12.1 Å². The fourth-order valence-electron chi connectivity index (χ4n) is 1.71. The van der Waals surface area contributed by atoms with E-state index in [4.69, 9.17) is 5.11 Å². The molecule has 4 heteroatoms. The molecule has 2 N–H and O–H groups in total. The van der Waals surface area contributed by atoms with E-state index in [0.717, 1.165) is 31.5 Å². The first-order valence-electron chi connectivity index (χ1n) is 6.51. The van der Waals surface area contributed by atoms with Crippen molar-refractivity contribution in [3.8, 4) is 0 Å². The van der Waals surface area contributed by atoms with Crippen LogP contribution in [0.25, 0.3) is 0 Å². The number of carboxylic acids is 1. The van der Waals surface area contributed by atoms with E-state index < -0.39 is 5.97 Å². The molecule has 1 aromatic heterocycles. The largest absolute Gasteiger partial charge is 0.478 e. The van der Waals surface area contributed by atoms with Crippen molar-refractivity contribution in [2.45, 2.75) is 40.0 Å². The summed E-state index contributed by atoms with van der Waals surface area (Å²) in [6.07, 6.45) is 2.96. The van der Waals surface area contributed by atoms with Gasteiger partial charge in [0, 0.05) is 12.2 Å². The Morgan fingerprint density at radius 3 is 2.72 bits per heavy atom. The average molecular weight is 250 g/mol. The number of pyridine rings is 1. The zero-order valence-corrected chi connectivity index (χ0v) is 11.4. The van der Waals surface area contributed by atoms with E-state index in [0.29, 0.717) is 17.3 Å². The van der Waals surface area contributed by atoms with Crippen molar-refractivity contribution < 1.29 is 9.90 Å². The number of hydrogen-bond acceptors (Lipinski definition) is 3. The summed E-state index contributed by atoms with van der Waals surface area (Å²) in [5, 5.41) is 12.2. The lowest BCUT2D eigenvalue weighted by Crippen LogP contribution is -2.08. The van der Waals surface area contributed by atoms with Crippen LogP contribution in [0, 0.1) is 5.92 Å². The summed E-state index contributed by atoms with van der Waals surface area (Å²) in [7, 11) is 0. The van der Waals surface area contributed by atoms with Crippen molar-refractivity contribution in [2.24, 2.45) is 5.92 Å². The molecule has 0 radical (unpaired) electrons. The second kappa shape index (κ2) is 6.99. The lowest BCUT2D eigenvalue weighted by molar-refractivity contribution is 0.0696. The topological polar surface area (TPSA) is 62.2 Å². The molecule has 0 saturated carbocycles. The molecule has 0 aliphatic carbocycles. The minimum atomic E-state index is -0.905. The number of carbonyl (C=O) groups is 1. The molecule has 0 bridgehead atoms. The van der Waals surface area contributed by atoms with Gasteiger partial charge in [0.05, 0.1) is 5.56 Å². The number of aromatic carboxylic acids is 1. The van der Waals surface area contributed by atoms with Crippen molar-refractivity contribution in [1.29, 1.82) is 0 Å². The van der Waals surface area contributed by atoms with E-state index in [1.807, 2.05) is 6.92 Å². The lowest BCUT2D eigenvalue weighted by Gasteiger charge is -2.09. The van der Waals surface area contributed by atoms with Gasteiger partial charge in [-0.1, -0.05) is 20.8 Å². The quantitative estimate of drug-likeness (QED) is 0.729. The number of nitrogens with zero attached hydrogens (tertiary/aromatic N) is 1. The highest BCUT2D eigenvalue weighted by molar-refractivity contribution is 5.88. The van der Waals surface area contributed by atoms with E-state index in [2.05, 4.69) is 24.1 Å². The van der Waals surface area contributed by atoms with Gasteiger partial charge in [-0.3, -0.25) is 0 Å². The molecule has 0 spiro atoms. The Labute approximate surface area is 108 Å². The predicted molar refractivity (Wildman–Crippen MR) is 73.1 cm³/mol. The van der Waals surface area contributed by atoms with Gasteiger partial charge >= 0.3 is 5.97 Å². The van der Waals surface area contributed by atoms with Gasteiger partial charge in [-0.2, -0.15) is 0 Å². The van der Waals surface area contributed by atoms with E-state index in [-0.39, 0.29) is 0 Å². The first-order chi connectivity index (χ1) is 8.52. The highest BCUT2D eigenvalue weighted by Gasteiger charge is 2.07. The van der Waals surface area contributed by atoms with Gasteiger partial charge in [0.2, 0.25) is 0 Å². The van der Waals surface area contributed by atoms with Crippen molar-refractivity contribution in [3.05, 3.63) is 23.4 Å². The van der Waals surface area contributed by atoms with Crippen LogP contribution < -0.4 is 5.32 Å². The molecular weight excluding hydrogens is 228 g/mol. The molecule has 1 aromatic rings. The zero-order valence-electron chi connectivity index (χ0n) is 11.4. The molecule has 0 aromatic carbocycles. The standard InChI is InChI=1S/C14H22N2O2/c1-4-12-8-11(14(17)18)9-13(16-12)15-7-5-6-10(2)3/h8-10H,4-7H2,1-3H3,(H,15,16)(H,17,18). The van der Waals surface area contributed by atoms with Gasteiger partial charge in [0.15, 0.2) is 0 Å². The van der Waals surface area contributed by atoms with Crippen LogP contribution in [0.1, 0.15) is 49.7 Å². The predicted octanol–water partition coefficient (Wildman–Crippen LogP) is 3.19. The van der Waals surface area contributed by atoms with Crippen LogP contribution in [0.3, 0.4) is 0 Å². The van der Waals surface area contributed by atoms with Gasteiger partial charge in [-0.05, 0) is 37.3 Å². The Morgan fingerprint density at radius 2 is 2.17 bits per heavy atom. The summed E-state index contributed by atoms with van der Waals surface area (Å²) in [5.74, 6) is 0.448. The Bertz CT molecular complexity index is 403. The second-order valence-electron chi connectivity index (χ2n) is 4.85. The van der Waals surface area contributed by atoms with Crippen LogP contribution in [0.5, 0.6) is 0 Å². The zero-order chi connectivity index (χ0) is 13.5. The van der Waals surface area contributed by atoms with Crippen LogP contribution >= 0.6 is 0 Å². The summed E-state index contributed by atoms with van der Waals surface area (Å²) in [4.78, 5) is 15.4. The Balaban J connectivity index is 2.64. The summed E-state index contributed by atoms with van der Waals surface area (Å²) in [5.41, 5.74) is 1.11. The monoisotopic (exact) mass is 250 g/mol. The minimum Gasteiger partial charge on any atom is -0.478 e. The fourth-order valence-corrected chi connectivity index (χ4v) is 1.71. The van der Waals surface area contributed by atoms with E-state index in [9.17, 15) is 4.79 Å². The minimum absolute atomic E-state index is 0.299. The number of nitrogens with one attached hydrogen (secondary N) is 1. The maximum atomic E-state index is 11.0. The first-order valence-corrected chi connectivity index (χ1v) is 6.51. The highest BCUT2D eigenvalue weighted by atomic mass is 16.4.